The lowest BCUT2D eigenvalue weighted by atomic mass is 9.98. The molecule has 0 saturated carbocycles. The Hall–Kier alpha value is -2.92. The van der Waals surface area contributed by atoms with Crippen molar-refractivity contribution < 1.29 is 14.6 Å². The van der Waals surface area contributed by atoms with Crippen LogP contribution in [-0.4, -0.2) is 17.1 Å². The quantitative estimate of drug-likeness (QED) is 0.727. The van der Waals surface area contributed by atoms with Gasteiger partial charge in [-0.3, -0.25) is 4.79 Å². The number of aromatic nitrogens is 1. The molecule has 3 aromatic rings. The number of nitrogens with one attached hydrogen (secondary N) is 1. The van der Waals surface area contributed by atoms with Gasteiger partial charge < -0.3 is 15.2 Å². The van der Waals surface area contributed by atoms with Gasteiger partial charge in [0, 0.05) is 17.2 Å². The van der Waals surface area contributed by atoms with E-state index in [1.807, 2.05) is 43.3 Å². The van der Waals surface area contributed by atoms with Gasteiger partial charge in [-0.15, -0.1) is 0 Å². The van der Waals surface area contributed by atoms with Crippen LogP contribution in [0.2, 0.25) is 0 Å². The first-order chi connectivity index (χ1) is 12.1. The first kappa shape index (κ1) is 16.9. The highest BCUT2D eigenvalue weighted by molar-refractivity contribution is 5.92. The van der Waals surface area contributed by atoms with E-state index in [2.05, 4.69) is 40.1 Å². The molecule has 3 N–H and O–H groups in total. The third-order valence-corrected chi connectivity index (χ3v) is 4.09. The highest BCUT2D eigenvalue weighted by Crippen LogP contribution is 2.18. The first-order valence-corrected chi connectivity index (χ1v) is 8.32. The van der Waals surface area contributed by atoms with Crippen molar-refractivity contribution in [2.24, 2.45) is 0 Å². The van der Waals surface area contributed by atoms with Crippen molar-refractivity contribution in [1.82, 2.24) is 5.16 Å². The lowest BCUT2D eigenvalue weighted by molar-refractivity contribution is -0.704. The van der Waals surface area contributed by atoms with Crippen LogP contribution in [0.25, 0.3) is 0 Å². The number of benzene rings is 2. The van der Waals surface area contributed by atoms with E-state index in [4.69, 9.17) is 4.52 Å². The molecule has 1 aromatic heterocycles. The van der Waals surface area contributed by atoms with E-state index in [1.54, 1.807) is 13.0 Å². The second-order valence-corrected chi connectivity index (χ2v) is 6.09. The summed E-state index contributed by atoms with van der Waals surface area (Å²) in [6.07, 6.45) is 0. The molecule has 1 amide bonds. The van der Waals surface area contributed by atoms with Crippen LogP contribution in [0.15, 0.2) is 71.3 Å². The van der Waals surface area contributed by atoms with Gasteiger partial charge >= 0.3 is 0 Å². The van der Waals surface area contributed by atoms with Gasteiger partial charge in [-0.2, -0.15) is 0 Å². The van der Waals surface area contributed by atoms with Crippen LogP contribution < -0.4 is 10.6 Å². The molecule has 1 heterocycles. The lowest BCUT2D eigenvalue weighted by Crippen LogP contribution is -2.92. The average Bonchev–Trinajstić information content (AvgIpc) is 3.05. The predicted molar refractivity (Wildman–Crippen MR) is 96.0 cm³/mol. The van der Waals surface area contributed by atoms with Crippen LogP contribution in [0, 0.1) is 6.92 Å². The molecule has 0 aliphatic rings. The number of hydrogen-bond donors (Lipinski definition) is 2. The second kappa shape index (κ2) is 7.77. The zero-order valence-electron chi connectivity index (χ0n) is 14.3. The maximum atomic E-state index is 12.5. The summed E-state index contributed by atoms with van der Waals surface area (Å²) in [4.78, 5) is 12.5. The molecule has 0 fully saturated rings. The summed E-state index contributed by atoms with van der Waals surface area (Å²) in [5.41, 5.74) is 2.32. The fourth-order valence-electron chi connectivity index (χ4n) is 2.78. The molecule has 0 aliphatic heterocycles. The SMILES string of the molecule is Cc1cc(NC(=O)[C@@H](C)[NH2+]C(c2ccccc2)c2ccccc2)no1. The Bertz CT molecular complexity index is 776. The zero-order valence-corrected chi connectivity index (χ0v) is 14.3. The first-order valence-electron chi connectivity index (χ1n) is 8.32. The number of anilines is 1. The summed E-state index contributed by atoms with van der Waals surface area (Å²) in [6, 6.07) is 21.8. The normalized spacial score (nSPS) is 12.1. The van der Waals surface area contributed by atoms with Crippen LogP contribution >= 0.6 is 0 Å². The van der Waals surface area contributed by atoms with Gasteiger partial charge in [0.1, 0.15) is 11.8 Å². The summed E-state index contributed by atoms with van der Waals surface area (Å²) < 4.78 is 4.99. The highest BCUT2D eigenvalue weighted by atomic mass is 16.5. The van der Waals surface area contributed by atoms with Gasteiger partial charge in [0.05, 0.1) is 0 Å². The minimum atomic E-state index is -0.289. The van der Waals surface area contributed by atoms with Gasteiger partial charge in [-0.25, -0.2) is 0 Å². The van der Waals surface area contributed by atoms with Gasteiger partial charge in [0.25, 0.3) is 5.91 Å². The van der Waals surface area contributed by atoms with Crippen molar-refractivity contribution in [3.05, 3.63) is 83.6 Å². The highest BCUT2D eigenvalue weighted by Gasteiger charge is 2.25. The number of aryl methyl sites for hydroxylation is 1. The predicted octanol–water partition coefficient (Wildman–Crippen LogP) is 2.66. The van der Waals surface area contributed by atoms with E-state index in [9.17, 15) is 4.79 Å². The zero-order chi connectivity index (χ0) is 17.6. The molecule has 0 saturated heterocycles. The van der Waals surface area contributed by atoms with Crippen LogP contribution in [0.3, 0.4) is 0 Å². The van der Waals surface area contributed by atoms with E-state index in [0.717, 1.165) is 11.1 Å². The van der Waals surface area contributed by atoms with E-state index in [1.165, 1.54) is 0 Å². The van der Waals surface area contributed by atoms with Crippen LogP contribution in [0.1, 0.15) is 29.9 Å². The fraction of sp³-hybridized carbons (Fsp3) is 0.200. The third-order valence-electron chi connectivity index (χ3n) is 4.09. The number of carbonyl (C=O) groups is 1. The number of amides is 1. The maximum Gasteiger partial charge on any atom is 0.283 e. The Morgan fingerprint density at radius 3 is 2.08 bits per heavy atom. The number of nitrogens with two attached hydrogens (primary N) is 1. The van der Waals surface area contributed by atoms with Crippen molar-refractivity contribution >= 4 is 11.7 Å². The van der Waals surface area contributed by atoms with Crippen LogP contribution in [0.5, 0.6) is 0 Å². The fourth-order valence-corrected chi connectivity index (χ4v) is 2.78. The number of nitrogens with zero attached hydrogens (tertiary/aromatic N) is 1. The largest absolute Gasteiger partial charge is 0.360 e. The summed E-state index contributed by atoms with van der Waals surface area (Å²) in [5.74, 6) is 1.00. The average molecular weight is 336 g/mol. The molecule has 25 heavy (non-hydrogen) atoms. The number of hydrogen-bond acceptors (Lipinski definition) is 3. The Morgan fingerprint density at radius 2 is 1.60 bits per heavy atom. The Kier molecular flexibility index (Phi) is 5.26. The minimum Gasteiger partial charge on any atom is -0.360 e. The van der Waals surface area contributed by atoms with E-state index in [-0.39, 0.29) is 18.0 Å². The molecule has 0 aliphatic carbocycles. The molecule has 2 aromatic carbocycles. The topological polar surface area (TPSA) is 71.7 Å². The monoisotopic (exact) mass is 336 g/mol. The summed E-state index contributed by atoms with van der Waals surface area (Å²) >= 11 is 0. The molecule has 3 rings (SSSR count). The summed E-state index contributed by atoms with van der Waals surface area (Å²) in [5, 5.41) is 8.67. The van der Waals surface area contributed by atoms with Crippen molar-refractivity contribution in [3.63, 3.8) is 0 Å². The van der Waals surface area contributed by atoms with E-state index in [0.29, 0.717) is 11.6 Å². The Balaban J connectivity index is 1.76. The lowest BCUT2D eigenvalue weighted by Gasteiger charge is -2.20. The van der Waals surface area contributed by atoms with Crippen LogP contribution in [-0.2, 0) is 4.79 Å². The Labute approximate surface area is 147 Å². The molecule has 128 valence electrons. The van der Waals surface area contributed by atoms with Gasteiger partial charge in [-0.05, 0) is 13.8 Å². The molecule has 0 bridgehead atoms. The maximum absolute atomic E-state index is 12.5. The number of quaternary nitrogens is 1. The van der Waals surface area contributed by atoms with Gasteiger partial charge in [-0.1, -0.05) is 65.8 Å². The molecule has 1 atom stereocenters. The summed E-state index contributed by atoms with van der Waals surface area (Å²) in [7, 11) is 0. The standard InChI is InChI=1S/C20H21N3O2/c1-14-13-18(23-25-14)22-20(24)15(2)21-19(16-9-5-3-6-10-16)17-11-7-4-8-12-17/h3-13,15,19,21H,1-2H3,(H,22,23,24)/p+1/t15-/m1/s1. The molecule has 0 radical (unpaired) electrons. The van der Waals surface area contributed by atoms with Gasteiger partial charge in [0.15, 0.2) is 11.9 Å². The van der Waals surface area contributed by atoms with Crippen LogP contribution in [0.4, 0.5) is 5.82 Å². The Morgan fingerprint density at radius 1 is 1.04 bits per heavy atom. The van der Waals surface area contributed by atoms with Crippen molar-refractivity contribution in [2.75, 3.05) is 5.32 Å². The van der Waals surface area contributed by atoms with Crippen molar-refractivity contribution in [2.45, 2.75) is 25.9 Å². The smallest absolute Gasteiger partial charge is 0.283 e. The number of carbonyl (C=O) groups excluding carboxylic acids is 1. The molecule has 5 heteroatoms. The van der Waals surface area contributed by atoms with Crippen molar-refractivity contribution in [3.8, 4) is 0 Å². The third kappa shape index (κ3) is 4.33. The van der Waals surface area contributed by atoms with Crippen molar-refractivity contribution in [1.29, 1.82) is 0 Å². The second-order valence-electron chi connectivity index (χ2n) is 6.09. The molecule has 0 unspecified atom stereocenters. The molecular formula is C20H22N3O2+. The molecule has 0 spiro atoms. The van der Waals surface area contributed by atoms with E-state index >= 15 is 0 Å². The number of rotatable bonds is 6. The van der Waals surface area contributed by atoms with Gasteiger partial charge in [0.2, 0.25) is 0 Å². The minimum absolute atomic E-state index is 0.0437. The summed E-state index contributed by atoms with van der Waals surface area (Å²) in [6.45, 7) is 3.68. The molecular weight excluding hydrogens is 314 g/mol. The van der Waals surface area contributed by atoms with E-state index < -0.39 is 0 Å². The molecule has 5 nitrogen and oxygen atoms in total.